The van der Waals surface area contributed by atoms with Crippen molar-refractivity contribution in [1.29, 1.82) is 0 Å². The Morgan fingerprint density at radius 3 is 2.69 bits per heavy atom. The van der Waals surface area contributed by atoms with Crippen molar-refractivity contribution in [3.05, 3.63) is 0 Å². The first-order valence-corrected chi connectivity index (χ1v) is 6.27. The summed E-state index contributed by atoms with van der Waals surface area (Å²) in [5, 5.41) is 12.4. The summed E-state index contributed by atoms with van der Waals surface area (Å²) in [7, 11) is 0. The van der Waals surface area contributed by atoms with Gasteiger partial charge < -0.3 is 0 Å². The van der Waals surface area contributed by atoms with Crippen LogP contribution < -0.4 is 11.1 Å². The van der Waals surface area contributed by atoms with Gasteiger partial charge in [0.25, 0.3) is 0 Å². The standard InChI is InChI=1S/C7H14N2O3Se/c1-5(10)9-2-3-13-4-6(8)7(11)12/h6H,2-4,8H2,1H3,(H,9,10)(H,11,12)/t6-/m0/s1. The maximum absolute atomic E-state index is 10.4. The number of aliphatic carboxylic acids is 1. The normalized spacial score (nSPS) is 12.2. The number of nitrogens with two attached hydrogens (primary N) is 1. The molecule has 0 rings (SSSR count). The summed E-state index contributed by atoms with van der Waals surface area (Å²) in [5.41, 5.74) is 5.29. The average molecular weight is 253 g/mol. The predicted molar refractivity (Wildman–Crippen MR) is 49.7 cm³/mol. The molecule has 6 heteroatoms. The molecule has 5 nitrogen and oxygen atoms in total. The van der Waals surface area contributed by atoms with Gasteiger partial charge in [-0.1, -0.05) is 0 Å². The monoisotopic (exact) mass is 254 g/mol. The van der Waals surface area contributed by atoms with E-state index in [4.69, 9.17) is 10.8 Å². The first kappa shape index (κ1) is 12.4. The Morgan fingerprint density at radius 1 is 1.62 bits per heavy atom. The van der Waals surface area contributed by atoms with Crippen molar-refractivity contribution in [2.24, 2.45) is 5.73 Å². The maximum atomic E-state index is 10.4. The molecule has 0 fully saturated rings. The van der Waals surface area contributed by atoms with Gasteiger partial charge in [0.2, 0.25) is 0 Å². The zero-order valence-electron chi connectivity index (χ0n) is 7.45. The molecular formula is C7H14N2O3Se. The van der Waals surface area contributed by atoms with Gasteiger partial charge in [0.1, 0.15) is 0 Å². The second-order valence-electron chi connectivity index (χ2n) is 2.50. The third kappa shape index (κ3) is 7.77. The van der Waals surface area contributed by atoms with Crippen molar-refractivity contribution in [2.75, 3.05) is 6.54 Å². The van der Waals surface area contributed by atoms with E-state index in [-0.39, 0.29) is 20.9 Å². The molecule has 0 saturated heterocycles. The molecule has 0 bridgehead atoms. The van der Waals surface area contributed by atoms with Crippen LogP contribution in [0.1, 0.15) is 6.92 Å². The van der Waals surface area contributed by atoms with Gasteiger partial charge in [-0.3, -0.25) is 0 Å². The zero-order chi connectivity index (χ0) is 10.3. The van der Waals surface area contributed by atoms with Crippen molar-refractivity contribution in [1.82, 2.24) is 5.32 Å². The van der Waals surface area contributed by atoms with Crippen molar-refractivity contribution in [3.8, 4) is 0 Å². The molecule has 0 radical (unpaired) electrons. The molecule has 0 aliphatic carbocycles. The second-order valence-corrected chi connectivity index (χ2v) is 4.92. The van der Waals surface area contributed by atoms with Gasteiger partial charge in [-0.25, -0.2) is 0 Å². The Morgan fingerprint density at radius 2 is 2.23 bits per heavy atom. The molecule has 13 heavy (non-hydrogen) atoms. The summed E-state index contributed by atoms with van der Waals surface area (Å²) < 4.78 is 0. The van der Waals surface area contributed by atoms with Crippen molar-refractivity contribution in [3.63, 3.8) is 0 Å². The van der Waals surface area contributed by atoms with E-state index in [2.05, 4.69) is 5.32 Å². The van der Waals surface area contributed by atoms with Crippen LogP contribution in [0.4, 0.5) is 0 Å². The Bertz CT molecular complexity index is 187. The van der Waals surface area contributed by atoms with Gasteiger partial charge in [-0.2, -0.15) is 0 Å². The van der Waals surface area contributed by atoms with E-state index in [1.165, 1.54) is 6.92 Å². The molecule has 1 amide bonds. The van der Waals surface area contributed by atoms with Crippen LogP contribution in [-0.2, 0) is 9.59 Å². The predicted octanol–water partition coefficient (Wildman–Crippen LogP) is -0.925. The summed E-state index contributed by atoms with van der Waals surface area (Å²) in [6.45, 7) is 2.07. The number of amides is 1. The van der Waals surface area contributed by atoms with Crippen LogP contribution in [0.2, 0.25) is 10.6 Å². The fourth-order valence-corrected chi connectivity index (χ4v) is 2.28. The Labute approximate surface area is 83.2 Å². The fourth-order valence-electron chi connectivity index (χ4n) is 0.581. The Hall–Kier alpha value is -0.581. The van der Waals surface area contributed by atoms with Gasteiger partial charge in [0.15, 0.2) is 0 Å². The molecule has 0 aromatic heterocycles. The summed E-state index contributed by atoms with van der Waals surface area (Å²) >= 11 is 0.195. The summed E-state index contributed by atoms with van der Waals surface area (Å²) in [5.74, 6) is -1.01. The van der Waals surface area contributed by atoms with Crippen LogP contribution in [0.5, 0.6) is 0 Å². The van der Waals surface area contributed by atoms with Crippen LogP contribution in [0.15, 0.2) is 0 Å². The summed E-state index contributed by atoms with van der Waals surface area (Å²) in [6.07, 6.45) is 0. The quantitative estimate of drug-likeness (QED) is 0.421. The SMILES string of the molecule is CC(=O)NCC[Se]C[C@H](N)C(=O)O. The third-order valence-electron chi connectivity index (χ3n) is 1.23. The van der Waals surface area contributed by atoms with Gasteiger partial charge >= 0.3 is 82.7 Å². The van der Waals surface area contributed by atoms with Crippen LogP contribution >= 0.6 is 0 Å². The van der Waals surface area contributed by atoms with E-state index in [0.29, 0.717) is 11.9 Å². The molecule has 0 aromatic carbocycles. The molecule has 0 heterocycles. The molecule has 0 unspecified atom stereocenters. The number of carboxylic acids is 1. The van der Waals surface area contributed by atoms with Crippen molar-refractivity contribution in [2.45, 2.75) is 23.6 Å². The van der Waals surface area contributed by atoms with E-state index in [1.54, 1.807) is 0 Å². The zero-order valence-corrected chi connectivity index (χ0v) is 9.16. The van der Waals surface area contributed by atoms with E-state index in [0.717, 1.165) is 5.32 Å². The topological polar surface area (TPSA) is 92.4 Å². The van der Waals surface area contributed by atoms with Crippen LogP contribution in [0, 0.1) is 0 Å². The third-order valence-corrected chi connectivity index (χ3v) is 3.52. The number of carbonyl (C=O) groups is 2. The number of carbonyl (C=O) groups excluding carboxylic acids is 1. The van der Waals surface area contributed by atoms with E-state index in [1.807, 2.05) is 0 Å². The number of hydrogen-bond donors (Lipinski definition) is 3. The molecule has 0 saturated carbocycles. The van der Waals surface area contributed by atoms with Crippen molar-refractivity contribution < 1.29 is 14.7 Å². The number of carboxylic acid groups (broad SMARTS) is 1. The number of hydrogen-bond acceptors (Lipinski definition) is 3. The van der Waals surface area contributed by atoms with E-state index in [9.17, 15) is 9.59 Å². The number of rotatable bonds is 6. The molecule has 1 atom stereocenters. The Kier molecular flexibility index (Phi) is 6.58. The molecular weight excluding hydrogens is 239 g/mol. The van der Waals surface area contributed by atoms with Crippen LogP contribution in [0.25, 0.3) is 0 Å². The first-order valence-electron chi connectivity index (χ1n) is 3.84. The minimum atomic E-state index is -0.957. The number of nitrogens with one attached hydrogen (secondary N) is 1. The van der Waals surface area contributed by atoms with Gasteiger partial charge in [0, 0.05) is 0 Å². The van der Waals surface area contributed by atoms with Gasteiger partial charge in [0.05, 0.1) is 0 Å². The average Bonchev–Trinajstić information content (AvgIpc) is 2.02. The molecule has 4 N–H and O–H groups in total. The second kappa shape index (κ2) is 6.88. The summed E-state index contributed by atoms with van der Waals surface area (Å²) in [6, 6.07) is -0.752. The van der Waals surface area contributed by atoms with E-state index >= 15 is 0 Å². The van der Waals surface area contributed by atoms with Crippen molar-refractivity contribution >= 4 is 26.8 Å². The van der Waals surface area contributed by atoms with Crippen LogP contribution in [-0.4, -0.2) is 44.5 Å². The molecule has 0 aromatic rings. The molecule has 0 aliphatic heterocycles. The minimum absolute atomic E-state index is 0.0571. The van der Waals surface area contributed by atoms with Gasteiger partial charge in [-0.15, -0.1) is 0 Å². The Balaban J connectivity index is 3.26. The fraction of sp³-hybridized carbons (Fsp3) is 0.714. The molecule has 0 aliphatic rings. The van der Waals surface area contributed by atoms with Gasteiger partial charge in [-0.05, 0) is 0 Å². The van der Waals surface area contributed by atoms with E-state index < -0.39 is 12.0 Å². The first-order chi connectivity index (χ1) is 6.04. The summed E-state index contributed by atoms with van der Waals surface area (Å²) in [4.78, 5) is 20.7. The molecule has 0 spiro atoms. The van der Waals surface area contributed by atoms with Crippen LogP contribution in [0.3, 0.4) is 0 Å². The molecule has 76 valence electrons.